The molecule has 0 aliphatic carbocycles. The highest BCUT2D eigenvalue weighted by Crippen LogP contribution is 2.20. The third kappa shape index (κ3) is 5.35. The first kappa shape index (κ1) is 14.2. The second-order valence-corrected chi connectivity index (χ2v) is 4.47. The molecule has 0 aliphatic rings. The van der Waals surface area contributed by atoms with Crippen LogP contribution in [-0.2, 0) is 4.79 Å². The summed E-state index contributed by atoms with van der Waals surface area (Å²) in [4.78, 5) is 11.4. The van der Waals surface area contributed by atoms with Gasteiger partial charge in [-0.3, -0.25) is 4.79 Å². The predicted octanol–water partition coefficient (Wildman–Crippen LogP) is 3.17. The zero-order chi connectivity index (χ0) is 12.7. The number of para-hydroxylation sites is 1. The minimum atomic E-state index is -0.157. The molecule has 0 heterocycles. The minimum Gasteiger partial charge on any atom is -0.331 e. The first-order valence-corrected chi connectivity index (χ1v) is 6.37. The van der Waals surface area contributed by atoms with Gasteiger partial charge in [-0.05, 0) is 30.8 Å². The van der Waals surface area contributed by atoms with Crippen molar-refractivity contribution in [3.63, 3.8) is 0 Å². The fourth-order valence-corrected chi connectivity index (χ4v) is 1.67. The van der Waals surface area contributed by atoms with E-state index in [1.165, 1.54) is 0 Å². The summed E-state index contributed by atoms with van der Waals surface area (Å²) < 4.78 is 0. The summed E-state index contributed by atoms with van der Waals surface area (Å²) in [7, 11) is 0. The number of hydrogen-bond acceptors (Lipinski definition) is 2. The number of carbonyl (C=O) groups is 1. The van der Waals surface area contributed by atoms with Crippen molar-refractivity contribution in [3.05, 3.63) is 29.3 Å². The van der Waals surface area contributed by atoms with Crippen molar-refractivity contribution in [3.8, 4) is 0 Å². The number of thiocarbonyl (C=S) groups is 1. The lowest BCUT2D eigenvalue weighted by molar-refractivity contribution is -0.119. The predicted molar refractivity (Wildman–Crippen MR) is 75.8 cm³/mol. The Morgan fingerprint density at radius 2 is 2.06 bits per heavy atom. The molecule has 0 bridgehead atoms. The van der Waals surface area contributed by atoms with E-state index in [9.17, 15) is 4.79 Å². The van der Waals surface area contributed by atoms with Crippen molar-refractivity contribution in [2.75, 3.05) is 11.2 Å². The van der Waals surface area contributed by atoms with Crippen molar-refractivity contribution in [1.29, 1.82) is 0 Å². The number of nitrogens with one attached hydrogen (secondary N) is 2. The lowest BCUT2D eigenvalue weighted by Crippen LogP contribution is -2.34. The fraction of sp³-hybridized carbons (Fsp3) is 0.273. The molecule has 0 saturated carbocycles. The van der Waals surface area contributed by atoms with Crippen molar-refractivity contribution < 1.29 is 4.79 Å². The topological polar surface area (TPSA) is 41.1 Å². The van der Waals surface area contributed by atoms with Gasteiger partial charge in [0.25, 0.3) is 0 Å². The summed E-state index contributed by atoms with van der Waals surface area (Å²) in [6, 6.07) is 7.16. The molecule has 17 heavy (non-hydrogen) atoms. The van der Waals surface area contributed by atoms with Crippen LogP contribution in [0, 0.1) is 0 Å². The first-order valence-electron chi connectivity index (χ1n) is 5.05. The van der Waals surface area contributed by atoms with E-state index in [2.05, 4.69) is 10.6 Å². The van der Waals surface area contributed by atoms with Crippen molar-refractivity contribution in [1.82, 2.24) is 5.32 Å². The van der Waals surface area contributed by atoms with E-state index in [1.54, 1.807) is 12.1 Å². The maximum atomic E-state index is 11.4. The molecule has 0 radical (unpaired) electrons. The van der Waals surface area contributed by atoms with Gasteiger partial charge in [-0.15, -0.1) is 11.6 Å². The summed E-state index contributed by atoms with van der Waals surface area (Å²) in [5.74, 6) is 0.299. The second kappa shape index (κ2) is 7.48. The van der Waals surface area contributed by atoms with Gasteiger partial charge in [-0.25, -0.2) is 0 Å². The molecule has 92 valence electrons. The van der Waals surface area contributed by atoms with Crippen LogP contribution >= 0.6 is 35.4 Å². The standard InChI is InChI=1S/C11H12Cl2N2OS/c12-7-3-6-10(16)15-11(17)14-9-5-2-1-4-8(9)13/h1-2,4-5H,3,6-7H2,(H2,14,15,16,17). The molecule has 0 aromatic heterocycles. The monoisotopic (exact) mass is 290 g/mol. The van der Waals surface area contributed by atoms with Crippen LogP contribution in [0.25, 0.3) is 0 Å². The largest absolute Gasteiger partial charge is 0.331 e. The van der Waals surface area contributed by atoms with Crippen LogP contribution in [0.2, 0.25) is 5.02 Å². The van der Waals surface area contributed by atoms with Gasteiger partial charge in [0.2, 0.25) is 5.91 Å². The number of hydrogen-bond donors (Lipinski definition) is 2. The van der Waals surface area contributed by atoms with E-state index in [0.717, 1.165) is 0 Å². The summed E-state index contributed by atoms with van der Waals surface area (Å²) in [6.07, 6.45) is 0.982. The average molecular weight is 291 g/mol. The quantitative estimate of drug-likeness (QED) is 0.661. The molecule has 0 atom stereocenters. The maximum absolute atomic E-state index is 11.4. The molecule has 1 amide bonds. The van der Waals surface area contributed by atoms with Crippen LogP contribution < -0.4 is 10.6 Å². The Hall–Kier alpha value is -0.840. The van der Waals surface area contributed by atoms with Gasteiger partial charge >= 0.3 is 0 Å². The highest BCUT2D eigenvalue weighted by atomic mass is 35.5. The van der Waals surface area contributed by atoms with Gasteiger partial charge in [0.15, 0.2) is 5.11 Å². The molecular formula is C11H12Cl2N2OS. The van der Waals surface area contributed by atoms with Gasteiger partial charge in [0, 0.05) is 12.3 Å². The molecule has 6 heteroatoms. The average Bonchev–Trinajstić information content (AvgIpc) is 2.29. The molecule has 1 aromatic carbocycles. The highest BCUT2D eigenvalue weighted by molar-refractivity contribution is 7.80. The number of halogens is 2. The molecule has 0 spiro atoms. The summed E-state index contributed by atoms with van der Waals surface area (Å²) in [5, 5.41) is 6.19. The number of alkyl halides is 1. The summed E-state index contributed by atoms with van der Waals surface area (Å²) in [6.45, 7) is 0. The SMILES string of the molecule is O=C(CCCCl)NC(=S)Nc1ccccc1Cl. The molecule has 1 rings (SSSR count). The second-order valence-electron chi connectivity index (χ2n) is 3.27. The summed E-state index contributed by atoms with van der Waals surface area (Å²) in [5.41, 5.74) is 0.664. The van der Waals surface area contributed by atoms with Crippen LogP contribution in [-0.4, -0.2) is 16.9 Å². The molecular weight excluding hydrogens is 279 g/mol. The highest BCUT2D eigenvalue weighted by Gasteiger charge is 2.05. The number of amides is 1. The maximum Gasteiger partial charge on any atom is 0.226 e. The van der Waals surface area contributed by atoms with Gasteiger partial charge in [-0.1, -0.05) is 23.7 Å². The van der Waals surface area contributed by atoms with E-state index in [-0.39, 0.29) is 11.0 Å². The Bertz CT molecular complexity index is 412. The number of rotatable bonds is 4. The van der Waals surface area contributed by atoms with Gasteiger partial charge < -0.3 is 10.6 Å². The lowest BCUT2D eigenvalue weighted by atomic mass is 10.3. The van der Waals surface area contributed by atoms with Crippen LogP contribution in [0.3, 0.4) is 0 Å². The summed E-state index contributed by atoms with van der Waals surface area (Å²) >= 11 is 16.4. The van der Waals surface area contributed by atoms with Crippen molar-refractivity contribution >= 4 is 52.1 Å². The first-order chi connectivity index (χ1) is 8.13. The van der Waals surface area contributed by atoms with Crippen LogP contribution in [0.4, 0.5) is 5.69 Å². The molecule has 0 fully saturated rings. The third-order valence-corrected chi connectivity index (χ3v) is 2.71. The van der Waals surface area contributed by atoms with Gasteiger partial charge in [-0.2, -0.15) is 0 Å². The van der Waals surface area contributed by atoms with E-state index in [1.807, 2.05) is 12.1 Å². The lowest BCUT2D eigenvalue weighted by Gasteiger charge is -2.10. The van der Waals surface area contributed by atoms with Crippen LogP contribution in [0.5, 0.6) is 0 Å². The molecule has 0 unspecified atom stereocenters. The van der Waals surface area contributed by atoms with Crippen molar-refractivity contribution in [2.24, 2.45) is 0 Å². The zero-order valence-electron chi connectivity index (χ0n) is 9.00. The smallest absolute Gasteiger partial charge is 0.226 e. The van der Waals surface area contributed by atoms with Gasteiger partial charge in [0.1, 0.15) is 0 Å². The van der Waals surface area contributed by atoms with E-state index in [4.69, 9.17) is 35.4 Å². The Morgan fingerprint density at radius 1 is 1.35 bits per heavy atom. The zero-order valence-corrected chi connectivity index (χ0v) is 11.3. The van der Waals surface area contributed by atoms with E-state index in [0.29, 0.717) is 29.4 Å². The number of carbonyl (C=O) groups excluding carboxylic acids is 1. The molecule has 1 aromatic rings. The normalized spacial score (nSPS) is 9.76. The number of anilines is 1. The van der Waals surface area contributed by atoms with E-state index < -0.39 is 0 Å². The Kier molecular flexibility index (Phi) is 6.26. The minimum absolute atomic E-state index is 0.157. The van der Waals surface area contributed by atoms with Crippen molar-refractivity contribution in [2.45, 2.75) is 12.8 Å². The Labute approximate surface area is 115 Å². The molecule has 0 aliphatic heterocycles. The van der Waals surface area contributed by atoms with Crippen LogP contribution in [0.15, 0.2) is 24.3 Å². The Morgan fingerprint density at radius 3 is 2.71 bits per heavy atom. The van der Waals surface area contributed by atoms with Crippen LogP contribution in [0.1, 0.15) is 12.8 Å². The molecule has 2 N–H and O–H groups in total. The van der Waals surface area contributed by atoms with E-state index >= 15 is 0 Å². The van der Waals surface area contributed by atoms with Gasteiger partial charge in [0.05, 0.1) is 10.7 Å². The third-order valence-electron chi connectivity index (χ3n) is 1.91. The molecule has 0 saturated heterocycles. The molecule has 3 nitrogen and oxygen atoms in total. The Balaban J connectivity index is 2.45. The fourth-order valence-electron chi connectivity index (χ4n) is 1.13. The number of benzene rings is 1.